The molecular formula is C35H39F5N6O4S. The number of hydrogen-bond acceptors (Lipinski definition) is 9. The van der Waals surface area contributed by atoms with E-state index in [9.17, 15) is 21.6 Å². The molecule has 2 aromatic carbocycles. The minimum absolute atomic E-state index is 0.121. The number of piperidine rings is 1. The van der Waals surface area contributed by atoms with Gasteiger partial charge in [-0.25, -0.2) is 36.5 Å². The number of pyridine rings is 1. The zero-order chi connectivity index (χ0) is 37.0. The van der Waals surface area contributed by atoms with Gasteiger partial charge in [0.05, 0.1) is 20.8 Å². The highest BCUT2D eigenvalue weighted by Crippen LogP contribution is 2.37. The molecule has 4 aromatic rings. The van der Waals surface area contributed by atoms with Crippen molar-refractivity contribution in [3.05, 3.63) is 95.7 Å². The lowest BCUT2D eigenvalue weighted by Gasteiger charge is -2.49. The van der Waals surface area contributed by atoms with Crippen LogP contribution in [0.25, 0.3) is 0 Å². The van der Waals surface area contributed by atoms with Gasteiger partial charge in [-0.2, -0.15) is 13.2 Å². The number of aromatic nitrogens is 3. The van der Waals surface area contributed by atoms with Crippen molar-refractivity contribution in [3.8, 4) is 11.5 Å². The number of hydrogen-bond donors (Lipinski definition) is 0. The summed E-state index contributed by atoms with van der Waals surface area (Å²) in [6.45, 7) is 2.91. The molecule has 5 rings (SSSR count). The Balaban J connectivity index is 1.46. The Morgan fingerprint density at radius 2 is 1.76 bits per heavy atom. The number of halogens is 5. The van der Waals surface area contributed by atoms with Crippen molar-refractivity contribution in [2.45, 2.75) is 55.8 Å². The van der Waals surface area contributed by atoms with Gasteiger partial charge in [0, 0.05) is 53.9 Å². The first-order valence-corrected chi connectivity index (χ1v) is 17.6. The molecule has 1 atom stereocenters. The van der Waals surface area contributed by atoms with E-state index in [1.54, 1.807) is 29.2 Å². The van der Waals surface area contributed by atoms with Crippen molar-refractivity contribution in [2.24, 2.45) is 0 Å². The van der Waals surface area contributed by atoms with Gasteiger partial charge in [0.15, 0.2) is 4.90 Å². The fourth-order valence-corrected chi connectivity index (χ4v) is 7.95. The number of sulfonamides is 1. The van der Waals surface area contributed by atoms with Crippen LogP contribution in [0, 0.1) is 11.6 Å². The number of nitrogens with zero attached hydrogens (tertiary/aromatic N) is 6. The fourth-order valence-electron chi connectivity index (χ4n) is 6.46. The molecule has 1 aliphatic rings. The second-order valence-electron chi connectivity index (χ2n) is 12.3. The third kappa shape index (κ3) is 8.17. The molecule has 0 aliphatic carbocycles. The second-order valence-corrected chi connectivity index (χ2v) is 14.1. The molecule has 0 N–H and O–H groups in total. The summed E-state index contributed by atoms with van der Waals surface area (Å²) in [6, 6.07) is 11.8. The number of aryl methyl sites for hydroxylation is 1. The first kappa shape index (κ1) is 37.7. The topological polar surface area (TPSA) is 101 Å². The largest absolute Gasteiger partial charge is 0.497 e. The third-order valence-corrected chi connectivity index (χ3v) is 11.1. The quantitative estimate of drug-likeness (QED) is 0.143. The van der Waals surface area contributed by atoms with Crippen molar-refractivity contribution >= 4 is 21.5 Å². The number of ether oxygens (including phenoxy) is 2. The van der Waals surface area contributed by atoms with Crippen LogP contribution in [-0.2, 0) is 29.2 Å². The Bertz CT molecular complexity index is 1910. The summed E-state index contributed by atoms with van der Waals surface area (Å²) in [6.07, 6.45) is -0.148. The smallest absolute Gasteiger partial charge is 0.433 e. The van der Waals surface area contributed by atoms with Crippen molar-refractivity contribution in [1.82, 2.24) is 19.9 Å². The summed E-state index contributed by atoms with van der Waals surface area (Å²) in [5, 5.41) is 0. The summed E-state index contributed by atoms with van der Waals surface area (Å²) in [5.41, 5.74) is -0.728. The molecule has 16 heteroatoms. The highest BCUT2D eigenvalue weighted by Gasteiger charge is 2.40. The highest BCUT2D eigenvalue weighted by atomic mass is 32.2. The highest BCUT2D eigenvalue weighted by molar-refractivity contribution is 7.92. The lowest BCUT2D eigenvalue weighted by Crippen LogP contribution is -2.58. The number of anilines is 2. The lowest BCUT2D eigenvalue weighted by molar-refractivity contribution is -0.141. The predicted molar refractivity (Wildman–Crippen MR) is 181 cm³/mol. The second kappa shape index (κ2) is 15.4. The molecule has 1 fully saturated rings. The first-order valence-electron chi connectivity index (χ1n) is 16.2. The van der Waals surface area contributed by atoms with Crippen molar-refractivity contribution in [3.63, 3.8) is 0 Å². The molecule has 0 spiro atoms. The number of likely N-dealkylation sites (N-methyl/N-ethyl adjacent to an activating group) is 1. The molecule has 274 valence electrons. The van der Waals surface area contributed by atoms with Crippen LogP contribution in [0.5, 0.6) is 11.5 Å². The lowest BCUT2D eigenvalue weighted by atomic mass is 9.82. The van der Waals surface area contributed by atoms with Crippen molar-refractivity contribution in [1.29, 1.82) is 0 Å². The van der Waals surface area contributed by atoms with E-state index < -0.39 is 44.0 Å². The molecule has 1 unspecified atom stereocenters. The van der Waals surface area contributed by atoms with E-state index in [1.807, 2.05) is 14.0 Å². The Kier molecular flexibility index (Phi) is 11.3. The summed E-state index contributed by atoms with van der Waals surface area (Å²) >= 11 is 0. The molecule has 51 heavy (non-hydrogen) atoms. The number of alkyl halides is 3. The molecule has 0 saturated carbocycles. The van der Waals surface area contributed by atoms with Crippen LogP contribution in [0.2, 0.25) is 0 Å². The van der Waals surface area contributed by atoms with E-state index in [4.69, 9.17) is 9.47 Å². The Labute approximate surface area is 293 Å². The van der Waals surface area contributed by atoms with Crippen molar-refractivity contribution < 1.29 is 39.8 Å². The van der Waals surface area contributed by atoms with Gasteiger partial charge in [-0.3, -0.25) is 4.90 Å². The average molecular weight is 735 g/mol. The molecule has 2 aromatic heterocycles. The van der Waals surface area contributed by atoms with Gasteiger partial charge < -0.3 is 14.4 Å². The van der Waals surface area contributed by atoms with Crippen molar-refractivity contribution in [2.75, 3.05) is 50.1 Å². The van der Waals surface area contributed by atoms with Gasteiger partial charge in [0.1, 0.15) is 41.0 Å². The van der Waals surface area contributed by atoms with Crippen LogP contribution >= 0.6 is 0 Å². The van der Waals surface area contributed by atoms with E-state index in [-0.39, 0.29) is 35.9 Å². The summed E-state index contributed by atoms with van der Waals surface area (Å²) in [4.78, 5) is 14.4. The van der Waals surface area contributed by atoms with Crippen LogP contribution in [0.1, 0.15) is 43.1 Å². The maximum Gasteiger partial charge on any atom is 0.433 e. The Hall–Kier alpha value is -4.57. The molecule has 1 saturated heterocycles. The number of rotatable bonds is 13. The summed E-state index contributed by atoms with van der Waals surface area (Å²) in [5.74, 6) is -1.96. The molecule has 0 amide bonds. The van der Waals surface area contributed by atoms with Crippen LogP contribution in [-0.4, -0.2) is 74.7 Å². The minimum Gasteiger partial charge on any atom is -0.497 e. The minimum atomic E-state index is -4.90. The van der Waals surface area contributed by atoms with Gasteiger partial charge in [0.2, 0.25) is 0 Å². The van der Waals surface area contributed by atoms with Crippen LogP contribution in [0.4, 0.5) is 33.5 Å². The standard InChI is InChI=1S/C35H39F5N6O4S/c1-5-44(2)34(15-12-25-8-6-9-31(43-25)35(38,39)40)14-7-17-45(22-34)26-18-28(36)33(29(37)19-26)51(47,48)46(32-13-16-41-23-42-32)21-24-10-11-27(49-3)20-30(24)50-4/h6,8-11,13,16,18-20,23H,5,7,12,14-15,17,21-22H2,1-4H3. The number of methoxy groups -OCH3 is 2. The van der Waals surface area contributed by atoms with Crippen LogP contribution < -0.4 is 18.7 Å². The monoisotopic (exact) mass is 734 g/mol. The van der Waals surface area contributed by atoms with E-state index in [1.165, 1.54) is 32.5 Å². The Morgan fingerprint density at radius 1 is 1.02 bits per heavy atom. The fraction of sp³-hybridized carbons (Fsp3) is 0.400. The normalized spacial score (nSPS) is 16.7. The van der Waals surface area contributed by atoms with E-state index >= 15 is 8.78 Å². The summed E-state index contributed by atoms with van der Waals surface area (Å²) in [7, 11) is -0.138. The Morgan fingerprint density at radius 3 is 2.39 bits per heavy atom. The predicted octanol–water partition coefficient (Wildman–Crippen LogP) is 6.50. The van der Waals surface area contributed by atoms with Gasteiger partial charge in [-0.15, -0.1) is 0 Å². The van der Waals surface area contributed by atoms with Crippen LogP contribution in [0.3, 0.4) is 0 Å². The first-order chi connectivity index (χ1) is 24.2. The third-order valence-electron chi connectivity index (χ3n) is 9.31. The van der Waals surface area contributed by atoms with Gasteiger partial charge >= 0.3 is 6.18 Å². The van der Waals surface area contributed by atoms with E-state index in [0.717, 1.165) is 28.8 Å². The average Bonchev–Trinajstić information content (AvgIpc) is 3.12. The maximum absolute atomic E-state index is 16.1. The molecule has 3 heterocycles. The van der Waals surface area contributed by atoms with E-state index in [0.29, 0.717) is 50.2 Å². The van der Waals surface area contributed by atoms with Gasteiger partial charge in [-0.1, -0.05) is 13.0 Å². The van der Waals surface area contributed by atoms with Gasteiger partial charge in [-0.05, 0) is 75.7 Å². The number of benzene rings is 2. The molecule has 0 bridgehead atoms. The SMILES string of the molecule is CCN(C)C1(CCc2cccc(C(F)(F)F)n2)CCCN(c2cc(F)c(S(=O)(=O)N(Cc3ccc(OC)cc3OC)c3ccncn3)c(F)c2)C1. The van der Waals surface area contributed by atoms with Gasteiger partial charge in [0.25, 0.3) is 10.0 Å². The molecular weight excluding hydrogens is 695 g/mol. The molecule has 0 radical (unpaired) electrons. The zero-order valence-electron chi connectivity index (χ0n) is 28.6. The molecule has 1 aliphatic heterocycles. The van der Waals surface area contributed by atoms with E-state index in [2.05, 4.69) is 19.9 Å². The maximum atomic E-state index is 16.1. The molecule has 10 nitrogen and oxygen atoms in total. The van der Waals surface area contributed by atoms with Crippen LogP contribution in [0.15, 0.2) is 72.0 Å². The zero-order valence-corrected chi connectivity index (χ0v) is 29.4. The summed E-state index contributed by atoms with van der Waals surface area (Å²) < 4.78 is 112.